The monoisotopic (exact) mass is 410 g/mol. The molecule has 0 spiro atoms. The van der Waals surface area contributed by atoms with Crippen molar-refractivity contribution >= 4 is 27.6 Å². The van der Waals surface area contributed by atoms with Crippen molar-refractivity contribution in [2.75, 3.05) is 13.1 Å². The second kappa shape index (κ2) is 8.37. The Morgan fingerprint density at radius 3 is 3.00 bits per heavy atom. The average molecular weight is 411 g/mol. The Balaban J connectivity index is 1.59. The van der Waals surface area contributed by atoms with Gasteiger partial charge in [0.1, 0.15) is 4.83 Å². The van der Waals surface area contributed by atoms with Crippen molar-refractivity contribution in [1.29, 1.82) is 0 Å². The van der Waals surface area contributed by atoms with Crippen molar-refractivity contribution < 1.29 is 4.79 Å². The van der Waals surface area contributed by atoms with E-state index in [1.54, 1.807) is 10.9 Å². The summed E-state index contributed by atoms with van der Waals surface area (Å²) in [6, 6.07) is 8.16. The number of fused-ring (bicyclic) bond motifs is 3. The van der Waals surface area contributed by atoms with Crippen LogP contribution in [0.15, 0.2) is 35.4 Å². The van der Waals surface area contributed by atoms with Crippen LogP contribution in [0.1, 0.15) is 41.3 Å². The number of nitrogens with zero attached hydrogens (tertiary/aromatic N) is 3. The molecule has 1 aliphatic rings. The lowest BCUT2D eigenvalue weighted by Crippen LogP contribution is -2.42. The summed E-state index contributed by atoms with van der Waals surface area (Å²) in [5.74, 6) is 0. The molecule has 0 saturated carbocycles. The number of aryl methyl sites for hydroxylation is 1. The van der Waals surface area contributed by atoms with Crippen molar-refractivity contribution in [3.63, 3.8) is 0 Å². The highest BCUT2D eigenvalue weighted by molar-refractivity contribution is 7.18. The maximum atomic E-state index is 13.2. The minimum Gasteiger partial charge on any atom is -0.338 e. The molecule has 29 heavy (non-hydrogen) atoms. The number of unbranched alkanes of at least 4 members (excludes halogenated alkanes) is 1. The fraction of sp³-hybridized carbons (Fsp3) is 0.409. The molecule has 4 rings (SSSR count). The fourth-order valence-electron chi connectivity index (χ4n) is 3.80. The molecule has 0 aliphatic carbocycles. The molecule has 0 radical (unpaired) electrons. The van der Waals surface area contributed by atoms with Gasteiger partial charge < -0.3 is 10.2 Å². The Morgan fingerprint density at radius 2 is 2.21 bits per heavy atom. The Labute approximate surface area is 174 Å². The van der Waals surface area contributed by atoms with Crippen LogP contribution in [0, 0.1) is 6.92 Å². The first-order valence-corrected chi connectivity index (χ1v) is 11.0. The largest absolute Gasteiger partial charge is 0.338 e. The number of hydrogen-bond donors (Lipinski definition) is 1. The van der Waals surface area contributed by atoms with E-state index in [0.717, 1.165) is 39.1 Å². The molecule has 1 N–H and O–H groups in total. The molecule has 0 atom stereocenters. The maximum absolute atomic E-state index is 13.2. The number of carbonyl (C=O) groups is 1. The van der Waals surface area contributed by atoms with Crippen LogP contribution in [0.4, 0.5) is 4.79 Å². The third kappa shape index (κ3) is 4.05. The number of benzene rings is 1. The van der Waals surface area contributed by atoms with Gasteiger partial charge in [-0.3, -0.25) is 9.36 Å². The van der Waals surface area contributed by atoms with Gasteiger partial charge in [-0.05, 0) is 30.9 Å². The topological polar surface area (TPSA) is 67.2 Å². The van der Waals surface area contributed by atoms with E-state index in [1.165, 1.54) is 16.9 Å². The van der Waals surface area contributed by atoms with Crippen LogP contribution in [0.25, 0.3) is 10.2 Å². The standard InChI is InChI=1S/C22H26N4O2S/c1-3-4-9-23-22(28)25-10-8-17-18(13-25)29-20-19(17)21(27)26(14-24-20)12-16-7-5-6-15(2)11-16/h5-7,11,14H,3-4,8-10,12-13H2,1-2H3,(H,23,28). The van der Waals surface area contributed by atoms with Gasteiger partial charge in [-0.25, -0.2) is 9.78 Å². The van der Waals surface area contributed by atoms with Crippen molar-refractivity contribution in [3.05, 3.63) is 62.5 Å². The zero-order valence-corrected chi connectivity index (χ0v) is 17.7. The van der Waals surface area contributed by atoms with Crippen molar-refractivity contribution in [3.8, 4) is 0 Å². The number of aromatic nitrogens is 2. The number of rotatable bonds is 5. The van der Waals surface area contributed by atoms with Crippen molar-refractivity contribution in [2.24, 2.45) is 0 Å². The number of carbonyl (C=O) groups excluding carboxylic acids is 1. The molecular formula is C22H26N4O2S. The second-order valence-corrected chi connectivity index (χ2v) is 8.69. The van der Waals surface area contributed by atoms with Gasteiger partial charge in [-0.2, -0.15) is 0 Å². The smallest absolute Gasteiger partial charge is 0.317 e. The highest BCUT2D eigenvalue weighted by Gasteiger charge is 2.26. The number of urea groups is 1. The Kier molecular flexibility index (Phi) is 5.67. The van der Waals surface area contributed by atoms with E-state index in [4.69, 9.17) is 0 Å². The van der Waals surface area contributed by atoms with Gasteiger partial charge in [0.25, 0.3) is 5.56 Å². The molecule has 2 amide bonds. The summed E-state index contributed by atoms with van der Waals surface area (Å²) in [5, 5.41) is 3.71. The van der Waals surface area contributed by atoms with Gasteiger partial charge in [0.15, 0.2) is 0 Å². The normalized spacial score (nSPS) is 13.5. The lowest BCUT2D eigenvalue weighted by molar-refractivity contribution is 0.193. The molecular weight excluding hydrogens is 384 g/mol. The van der Waals surface area contributed by atoms with Crippen LogP contribution in [0.2, 0.25) is 0 Å². The molecule has 1 aromatic carbocycles. The van der Waals surface area contributed by atoms with E-state index in [0.29, 0.717) is 32.6 Å². The minimum absolute atomic E-state index is 0.00912. The highest BCUT2D eigenvalue weighted by atomic mass is 32.1. The zero-order valence-electron chi connectivity index (χ0n) is 16.9. The predicted octanol–water partition coefficient (Wildman–Crippen LogP) is 3.68. The molecule has 6 nitrogen and oxygen atoms in total. The van der Waals surface area contributed by atoms with Gasteiger partial charge in [0.2, 0.25) is 0 Å². The Bertz CT molecular complexity index is 1100. The number of hydrogen-bond acceptors (Lipinski definition) is 4. The molecule has 1 aliphatic heterocycles. The molecule has 0 unspecified atom stereocenters. The lowest BCUT2D eigenvalue weighted by atomic mass is 10.1. The zero-order chi connectivity index (χ0) is 20.4. The van der Waals surface area contributed by atoms with Gasteiger partial charge in [-0.15, -0.1) is 11.3 Å². The van der Waals surface area contributed by atoms with E-state index in [9.17, 15) is 9.59 Å². The third-order valence-electron chi connectivity index (χ3n) is 5.36. The molecule has 152 valence electrons. The number of amides is 2. The number of nitrogens with one attached hydrogen (secondary N) is 1. The summed E-state index contributed by atoms with van der Waals surface area (Å²) in [7, 11) is 0. The van der Waals surface area contributed by atoms with E-state index in [-0.39, 0.29) is 11.6 Å². The first-order chi connectivity index (χ1) is 14.1. The Morgan fingerprint density at radius 1 is 1.34 bits per heavy atom. The molecule has 7 heteroatoms. The summed E-state index contributed by atoms with van der Waals surface area (Å²) in [4.78, 5) is 33.8. The fourth-order valence-corrected chi connectivity index (χ4v) is 4.99. The molecule has 3 heterocycles. The average Bonchev–Trinajstić information content (AvgIpc) is 3.08. The molecule has 0 saturated heterocycles. The van der Waals surface area contributed by atoms with Crippen molar-refractivity contribution in [1.82, 2.24) is 19.8 Å². The first kappa shape index (κ1) is 19.6. The van der Waals surface area contributed by atoms with Crippen LogP contribution < -0.4 is 10.9 Å². The summed E-state index contributed by atoms with van der Waals surface area (Å²) < 4.78 is 1.69. The highest BCUT2D eigenvalue weighted by Crippen LogP contribution is 2.32. The summed E-state index contributed by atoms with van der Waals surface area (Å²) in [6.07, 6.45) is 4.38. The molecule has 2 aromatic heterocycles. The van der Waals surface area contributed by atoms with Crippen LogP contribution >= 0.6 is 11.3 Å². The van der Waals surface area contributed by atoms with Crippen LogP contribution in [0.3, 0.4) is 0 Å². The van der Waals surface area contributed by atoms with Crippen LogP contribution in [-0.2, 0) is 19.5 Å². The third-order valence-corrected chi connectivity index (χ3v) is 6.48. The van der Waals surface area contributed by atoms with E-state index in [1.807, 2.05) is 30.0 Å². The van der Waals surface area contributed by atoms with E-state index in [2.05, 4.69) is 23.3 Å². The van der Waals surface area contributed by atoms with Crippen LogP contribution in [0.5, 0.6) is 0 Å². The Hall–Kier alpha value is -2.67. The van der Waals surface area contributed by atoms with Crippen LogP contribution in [-0.4, -0.2) is 33.6 Å². The van der Waals surface area contributed by atoms with E-state index >= 15 is 0 Å². The second-order valence-electron chi connectivity index (χ2n) is 7.61. The predicted molar refractivity (Wildman–Crippen MR) is 117 cm³/mol. The SMILES string of the molecule is CCCCNC(=O)N1CCc2c(sc3ncn(Cc4cccc(C)c4)c(=O)c23)C1. The summed E-state index contributed by atoms with van der Waals surface area (Å²) in [6.45, 7) is 6.55. The van der Waals surface area contributed by atoms with E-state index < -0.39 is 0 Å². The minimum atomic E-state index is -0.0219. The summed E-state index contributed by atoms with van der Waals surface area (Å²) >= 11 is 1.53. The number of thiophene rings is 1. The quantitative estimate of drug-likeness (QED) is 0.653. The maximum Gasteiger partial charge on any atom is 0.317 e. The molecule has 0 fully saturated rings. The van der Waals surface area contributed by atoms with Gasteiger partial charge in [0.05, 0.1) is 24.8 Å². The van der Waals surface area contributed by atoms with Gasteiger partial charge >= 0.3 is 6.03 Å². The molecule has 0 bridgehead atoms. The lowest BCUT2D eigenvalue weighted by Gasteiger charge is -2.27. The summed E-state index contributed by atoms with van der Waals surface area (Å²) in [5.41, 5.74) is 3.34. The van der Waals surface area contributed by atoms with Crippen molar-refractivity contribution in [2.45, 2.75) is 46.2 Å². The van der Waals surface area contributed by atoms with Gasteiger partial charge in [-0.1, -0.05) is 43.2 Å². The van der Waals surface area contributed by atoms with Gasteiger partial charge in [0, 0.05) is 18.0 Å². The molecule has 3 aromatic rings. The first-order valence-electron chi connectivity index (χ1n) is 10.1.